The second-order valence-electron chi connectivity index (χ2n) is 5.23. The van der Waals surface area contributed by atoms with Crippen LogP contribution in [0.1, 0.15) is 24.1 Å². The van der Waals surface area contributed by atoms with Gasteiger partial charge in [0.1, 0.15) is 24.0 Å². The second-order valence-corrected chi connectivity index (χ2v) is 6.85. The molecule has 1 N–H and O–H groups in total. The van der Waals surface area contributed by atoms with E-state index in [4.69, 9.17) is 4.52 Å². The summed E-state index contributed by atoms with van der Waals surface area (Å²) in [5, 5.41) is 15.6. The van der Waals surface area contributed by atoms with Crippen molar-refractivity contribution >= 4 is 15.7 Å². The third kappa shape index (κ3) is 2.56. The molecule has 0 aromatic carbocycles. The molecule has 3 aromatic rings. The molecule has 0 amide bonds. The van der Waals surface area contributed by atoms with Gasteiger partial charge in [0.15, 0.2) is 16.5 Å². The van der Waals surface area contributed by atoms with Crippen LogP contribution in [0.15, 0.2) is 22.1 Å². The molecule has 0 saturated heterocycles. The van der Waals surface area contributed by atoms with Crippen LogP contribution in [0.4, 0.5) is 5.69 Å². The third-order valence-corrected chi connectivity index (χ3v) is 5.22. The Labute approximate surface area is 138 Å². The fourth-order valence-corrected chi connectivity index (χ4v) is 3.94. The van der Waals surface area contributed by atoms with Crippen molar-refractivity contribution in [2.45, 2.75) is 39.1 Å². The normalized spacial score (nSPS) is 11.8. The first-order valence-electron chi connectivity index (χ1n) is 7.23. The highest BCUT2D eigenvalue weighted by Gasteiger charge is 2.28. The molecule has 3 heterocycles. The molecule has 128 valence electrons. The largest absolute Gasteiger partial charge is 0.360 e. The van der Waals surface area contributed by atoms with Gasteiger partial charge >= 0.3 is 0 Å². The van der Waals surface area contributed by atoms with Gasteiger partial charge < -0.3 is 4.52 Å². The van der Waals surface area contributed by atoms with E-state index in [1.54, 1.807) is 30.0 Å². The number of aromatic nitrogens is 6. The predicted molar refractivity (Wildman–Crippen MR) is 84.3 cm³/mol. The standard InChI is InChI=1S/C13H17N7O3S/c1-5-20-9(3)11(13(16-20)19-6-14-15-7-19)18-24(21,22)12-8(2)17-23-10(12)4/h6-7,18H,5H2,1-4H3. The first kappa shape index (κ1) is 16.2. The molecule has 0 unspecified atom stereocenters. The minimum absolute atomic E-state index is 0.0286. The van der Waals surface area contributed by atoms with Gasteiger partial charge in [0.05, 0.1) is 5.69 Å². The summed E-state index contributed by atoms with van der Waals surface area (Å²) >= 11 is 0. The summed E-state index contributed by atoms with van der Waals surface area (Å²) in [6.45, 7) is 7.43. The third-order valence-electron chi connectivity index (χ3n) is 3.62. The predicted octanol–water partition coefficient (Wildman–Crippen LogP) is 1.20. The lowest BCUT2D eigenvalue weighted by Gasteiger charge is -2.09. The van der Waals surface area contributed by atoms with Crippen molar-refractivity contribution in [2.24, 2.45) is 0 Å². The van der Waals surface area contributed by atoms with E-state index in [-0.39, 0.29) is 10.7 Å². The molecule has 24 heavy (non-hydrogen) atoms. The van der Waals surface area contributed by atoms with Crippen LogP contribution in [0, 0.1) is 20.8 Å². The summed E-state index contributed by atoms with van der Waals surface area (Å²) in [5.74, 6) is 0.626. The van der Waals surface area contributed by atoms with Crippen molar-refractivity contribution in [1.29, 1.82) is 0 Å². The van der Waals surface area contributed by atoms with Gasteiger partial charge in [-0.15, -0.1) is 10.2 Å². The molecule has 0 bridgehead atoms. The zero-order valence-electron chi connectivity index (χ0n) is 13.7. The van der Waals surface area contributed by atoms with Crippen LogP contribution >= 0.6 is 0 Å². The molecule has 0 aliphatic heterocycles. The Kier molecular flexibility index (Phi) is 3.87. The summed E-state index contributed by atoms with van der Waals surface area (Å²) in [6.07, 6.45) is 2.91. The summed E-state index contributed by atoms with van der Waals surface area (Å²) in [4.78, 5) is 0.0286. The van der Waals surface area contributed by atoms with Gasteiger partial charge in [0.2, 0.25) is 0 Å². The van der Waals surface area contributed by atoms with Crippen molar-refractivity contribution < 1.29 is 12.9 Å². The molecular formula is C13H17N7O3S. The average Bonchev–Trinajstić information content (AvgIpc) is 3.21. The van der Waals surface area contributed by atoms with E-state index in [0.717, 1.165) is 0 Å². The zero-order valence-corrected chi connectivity index (χ0v) is 14.5. The summed E-state index contributed by atoms with van der Waals surface area (Å²) in [6, 6.07) is 0. The Morgan fingerprint density at radius 3 is 2.42 bits per heavy atom. The fraction of sp³-hybridized carbons (Fsp3) is 0.385. The summed E-state index contributed by atoms with van der Waals surface area (Å²) < 4.78 is 36.4. The van der Waals surface area contributed by atoms with Crippen molar-refractivity contribution in [3.8, 4) is 5.82 Å². The van der Waals surface area contributed by atoms with Crippen LogP contribution < -0.4 is 4.72 Å². The number of sulfonamides is 1. The van der Waals surface area contributed by atoms with Crippen LogP contribution in [0.5, 0.6) is 0 Å². The highest BCUT2D eigenvalue weighted by Crippen LogP contribution is 2.28. The Morgan fingerprint density at radius 1 is 1.21 bits per heavy atom. The Morgan fingerprint density at radius 2 is 1.88 bits per heavy atom. The molecule has 3 rings (SSSR count). The van der Waals surface area contributed by atoms with Crippen molar-refractivity contribution in [2.75, 3.05) is 4.72 Å². The van der Waals surface area contributed by atoms with Gasteiger partial charge in [0, 0.05) is 6.54 Å². The van der Waals surface area contributed by atoms with E-state index in [1.165, 1.54) is 12.7 Å². The maximum atomic E-state index is 12.8. The van der Waals surface area contributed by atoms with E-state index in [1.807, 2.05) is 6.92 Å². The van der Waals surface area contributed by atoms with E-state index in [9.17, 15) is 8.42 Å². The lowest BCUT2D eigenvalue weighted by atomic mass is 10.4. The number of aryl methyl sites for hydroxylation is 3. The van der Waals surface area contributed by atoms with Crippen molar-refractivity contribution in [3.63, 3.8) is 0 Å². The highest BCUT2D eigenvalue weighted by atomic mass is 32.2. The minimum atomic E-state index is -3.88. The van der Waals surface area contributed by atoms with Crippen LogP contribution in [0.3, 0.4) is 0 Å². The molecule has 3 aromatic heterocycles. The number of rotatable bonds is 5. The lowest BCUT2D eigenvalue weighted by Crippen LogP contribution is -2.16. The fourth-order valence-electron chi connectivity index (χ4n) is 2.49. The monoisotopic (exact) mass is 351 g/mol. The first-order chi connectivity index (χ1) is 11.3. The van der Waals surface area contributed by atoms with E-state index >= 15 is 0 Å². The Hall–Kier alpha value is -2.69. The first-order valence-corrected chi connectivity index (χ1v) is 8.71. The van der Waals surface area contributed by atoms with Crippen LogP contribution in [-0.4, -0.2) is 38.1 Å². The van der Waals surface area contributed by atoms with Crippen LogP contribution in [-0.2, 0) is 16.6 Å². The molecule has 0 fully saturated rings. The number of hydrogen-bond donors (Lipinski definition) is 1. The van der Waals surface area contributed by atoms with Gasteiger partial charge in [-0.2, -0.15) is 5.10 Å². The van der Waals surface area contributed by atoms with Crippen molar-refractivity contribution in [1.82, 2.24) is 29.7 Å². The zero-order chi connectivity index (χ0) is 17.5. The quantitative estimate of drug-likeness (QED) is 0.733. The maximum Gasteiger partial charge on any atom is 0.267 e. The average molecular weight is 351 g/mol. The number of nitrogens with one attached hydrogen (secondary N) is 1. The topological polar surface area (TPSA) is 121 Å². The smallest absolute Gasteiger partial charge is 0.267 e. The summed E-state index contributed by atoms with van der Waals surface area (Å²) in [7, 11) is -3.88. The second kappa shape index (κ2) is 5.74. The van der Waals surface area contributed by atoms with Gasteiger partial charge in [-0.1, -0.05) is 5.16 Å². The minimum Gasteiger partial charge on any atom is -0.360 e. The van der Waals surface area contributed by atoms with Gasteiger partial charge in [-0.3, -0.25) is 14.0 Å². The molecule has 0 spiro atoms. The number of anilines is 1. The van der Waals surface area contributed by atoms with E-state index in [2.05, 4.69) is 25.2 Å². The van der Waals surface area contributed by atoms with Crippen LogP contribution in [0.2, 0.25) is 0 Å². The van der Waals surface area contributed by atoms with Gasteiger partial charge in [-0.25, -0.2) is 8.42 Å². The van der Waals surface area contributed by atoms with Gasteiger partial charge in [-0.05, 0) is 27.7 Å². The molecule has 0 atom stereocenters. The van der Waals surface area contributed by atoms with E-state index in [0.29, 0.717) is 29.4 Å². The molecule has 0 radical (unpaired) electrons. The van der Waals surface area contributed by atoms with Crippen molar-refractivity contribution in [3.05, 3.63) is 29.8 Å². The Balaban J connectivity index is 2.12. The number of hydrogen-bond acceptors (Lipinski definition) is 7. The maximum absolute atomic E-state index is 12.8. The summed E-state index contributed by atoms with van der Waals surface area (Å²) in [5.41, 5.74) is 1.33. The molecule has 0 aliphatic carbocycles. The molecular weight excluding hydrogens is 334 g/mol. The highest BCUT2D eigenvalue weighted by molar-refractivity contribution is 7.92. The van der Waals surface area contributed by atoms with Crippen LogP contribution in [0.25, 0.3) is 5.82 Å². The SMILES string of the molecule is CCn1nc(-n2cnnc2)c(NS(=O)(=O)c2c(C)noc2C)c1C. The molecule has 11 heteroatoms. The van der Waals surface area contributed by atoms with E-state index < -0.39 is 10.0 Å². The number of nitrogens with zero attached hydrogens (tertiary/aromatic N) is 6. The molecule has 0 saturated carbocycles. The molecule has 0 aliphatic rings. The molecule has 10 nitrogen and oxygen atoms in total. The Bertz CT molecular complexity index is 950. The van der Waals surface area contributed by atoms with Gasteiger partial charge in [0.25, 0.3) is 10.0 Å². The lowest BCUT2D eigenvalue weighted by molar-refractivity contribution is 0.390.